The Bertz CT molecular complexity index is 1020. The summed E-state index contributed by atoms with van der Waals surface area (Å²) in [6, 6.07) is 8.88. The molecule has 1 aromatic carbocycles. The lowest BCUT2D eigenvalue weighted by Crippen LogP contribution is -2.08. The number of aromatic amines is 2. The van der Waals surface area contributed by atoms with Crippen molar-refractivity contribution >= 4 is 22.4 Å². The third kappa shape index (κ3) is 2.93. The lowest BCUT2D eigenvalue weighted by atomic mass is 10.1. The number of H-pyrrole nitrogens is 2. The fraction of sp³-hybridized carbons (Fsp3) is 0.0588. The molecule has 0 saturated carbocycles. The largest absolute Gasteiger partial charge is 0.418 e. The van der Waals surface area contributed by atoms with E-state index in [9.17, 15) is 13.2 Å². The fourth-order valence-electron chi connectivity index (χ4n) is 2.63. The van der Waals surface area contributed by atoms with Gasteiger partial charge in [0.2, 0.25) is 0 Å². The molecule has 0 aliphatic rings. The molecule has 0 atom stereocenters. The number of halogens is 3. The summed E-state index contributed by atoms with van der Waals surface area (Å²) in [5.74, 6) is 0.324. The Hall–Kier alpha value is -3.29. The van der Waals surface area contributed by atoms with Crippen LogP contribution in [0.25, 0.3) is 22.2 Å². The van der Waals surface area contributed by atoms with Crippen LogP contribution in [0.15, 0.2) is 55.0 Å². The van der Waals surface area contributed by atoms with Crippen molar-refractivity contribution in [3.8, 4) is 11.3 Å². The Labute approximate surface area is 139 Å². The van der Waals surface area contributed by atoms with Crippen LogP contribution in [0.2, 0.25) is 0 Å². The van der Waals surface area contributed by atoms with Gasteiger partial charge in [-0.1, -0.05) is 12.1 Å². The molecule has 25 heavy (non-hydrogen) atoms. The molecule has 0 radical (unpaired) electrons. The molecule has 3 heterocycles. The number of alkyl halides is 3. The second-order valence-electron chi connectivity index (χ2n) is 5.50. The lowest BCUT2D eigenvalue weighted by Gasteiger charge is -2.13. The number of nitrogens with one attached hydrogen (secondary N) is 3. The lowest BCUT2D eigenvalue weighted by molar-refractivity contribution is -0.136. The van der Waals surface area contributed by atoms with Crippen molar-refractivity contribution in [2.24, 2.45) is 0 Å². The molecule has 0 unspecified atom stereocenters. The fourth-order valence-corrected chi connectivity index (χ4v) is 2.63. The van der Waals surface area contributed by atoms with E-state index >= 15 is 0 Å². The first-order valence-corrected chi connectivity index (χ1v) is 7.42. The maximum atomic E-state index is 13.1. The summed E-state index contributed by atoms with van der Waals surface area (Å²) >= 11 is 0. The van der Waals surface area contributed by atoms with E-state index in [4.69, 9.17) is 0 Å². The van der Waals surface area contributed by atoms with Gasteiger partial charge in [-0.15, -0.1) is 0 Å². The summed E-state index contributed by atoms with van der Waals surface area (Å²) in [5.41, 5.74) is 1.72. The van der Waals surface area contributed by atoms with Crippen molar-refractivity contribution < 1.29 is 13.2 Å². The van der Waals surface area contributed by atoms with Crippen molar-refractivity contribution in [3.63, 3.8) is 0 Å². The normalized spacial score (nSPS) is 11.8. The van der Waals surface area contributed by atoms with Gasteiger partial charge in [0, 0.05) is 35.1 Å². The Morgan fingerprint density at radius 2 is 1.88 bits per heavy atom. The van der Waals surface area contributed by atoms with Gasteiger partial charge in [-0.05, 0) is 18.2 Å². The second-order valence-corrected chi connectivity index (χ2v) is 5.50. The van der Waals surface area contributed by atoms with Crippen LogP contribution in [-0.4, -0.2) is 20.2 Å². The maximum Gasteiger partial charge on any atom is 0.418 e. The van der Waals surface area contributed by atoms with E-state index in [1.54, 1.807) is 30.7 Å². The minimum Gasteiger partial charge on any atom is -0.354 e. The molecule has 0 saturated heterocycles. The average Bonchev–Trinajstić information content (AvgIpc) is 3.23. The molecule has 0 aliphatic heterocycles. The highest BCUT2D eigenvalue weighted by atomic mass is 19.4. The van der Waals surface area contributed by atoms with E-state index in [1.807, 2.05) is 6.07 Å². The van der Waals surface area contributed by atoms with Crippen molar-refractivity contribution in [2.45, 2.75) is 6.18 Å². The van der Waals surface area contributed by atoms with E-state index in [0.717, 1.165) is 28.2 Å². The molecule has 3 aromatic heterocycles. The first kappa shape index (κ1) is 15.3. The Balaban J connectivity index is 1.69. The van der Waals surface area contributed by atoms with Gasteiger partial charge in [-0.25, -0.2) is 4.98 Å². The molecule has 4 aromatic rings. The highest BCUT2D eigenvalue weighted by molar-refractivity contribution is 5.87. The van der Waals surface area contributed by atoms with Crippen molar-refractivity contribution in [1.82, 2.24) is 20.2 Å². The number of aromatic nitrogens is 4. The minimum atomic E-state index is -4.44. The van der Waals surface area contributed by atoms with Crippen LogP contribution in [0.1, 0.15) is 5.56 Å². The first-order valence-electron chi connectivity index (χ1n) is 7.42. The summed E-state index contributed by atoms with van der Waals surface area (Å²) in [6.45, 7) is 0. The van der Waals surface area contributed by atoms with Gasteiger partial charge in [0.05, 0.1) is 23.0 Å². The Morgan fingerprint density at radius 3 is 2.64 bits per heavy atom. The summed E-state index contributed by atoms with van der Waals surface area (Å²) in [4.78, 5) is 7.40. The molecule has 5 nitrogen and oxygen atoms in total. The van der Waals surface area contributed by atoms with E-state index in [1.165, 1.54) is 12.1 Å². The summed E-state index contributed by atoms with van der Waals surface area (Å²) in [6.07, 6.45) is 0.594. The Kier molecular flexibility index (Phi) is 3.45. The number of anilines is 2. The second kappa shape index (κ2) is 5.66. The SMILES string of the molecule is FC(F)(F)c1ccccc1Nc1cc2[nH]c(-c3cn[nH]c3)cc2cn1. The third-order valence-electron chi connectivity index (χ3n) is 3.81. The maximum absolute atomic E-state index is 13.1. The van der Waals surface area contributed by atoms with Gasteiger partial charge in [0.1, 0.15) is 5.82 Å². The van der Waals surface area contributed by atoms with Crippen LogP contribution in [0, 0.1) is 0 Å². The number of benzene rings is 1. The first-order chi connectivity index (χ1) is 12.0. The number of nitrogens with zero attached hydrogens (tertiary/aromatic N) is 2. The molecule has 3 N–H and O–H groups in total. The van der Waals surface area contributed by atoms with Gasteiger partial charge in [-0.2, -0.15) is 18.3 Å². The third-order valence-corrected chi connectivity index (χ3v) is 3.81. The highest BCUT2D eigenvalue weighted by Gasteiger charge is 2.33. The van der Waals surface area contributed by atoms with Gasteiger partial charge in [0.15, 0.2) is 0 Å². The number of hydrogen-bond acceptors (Lipinski definition) is 3. The number of fused-ring (bicyclic) bond motifs is 1. The van der Waals surface area contributed by atoms with Crippen LogP contribution in [-0.2, 0) is 6.18 Å². The Morgan fingerprint density at radius 1 is 1.04 bits per heavy atom. The average molecular weight is 343 g/mol. The zero-order valence-electron chi connectivity index (χ0n) is 12.7. The summed E-state index contributed by atoms with van der Waals surface area (Å²) in [7, 11) is 0. The molecule has 126 valence electrons. The molecule has 4 rings (SSSR count). The highest BCUT2D eigenvalue weighted by Crippen LogP contribution is 2.36. The minimum absolute atomic E-state index is 0.0385. The van der Waals surface area contributed by atoms with Crippen LogP contribution in [0.5, 0.6) is 0 Å². The van der Waals surface area contributed by atoms with Crippen molar-refractivity contribution in [1.29, 1.82) is 0 Å². The number of rotatable bonds is 3. The van der Waals surface area contributed by atoms with E-state index in [0.29, 0.717) is 5.82 Å². The molecule has 0 spiro atoms. The van der Waals surface area contributed by atoms with Crippen molar-refractivity contribution in [3.05, 3.63) is 60.6 Å². The predicted octanol–water partition coefficient (Wildman–Crippen LogP) is 4.72. The molecular formula is C17H12F3N5. The number of hydrogen-bond donors (Lipinski definition) is 3. The molecular weight excluding hydrogens is 331 g/mol. The topological polar surface area (TPSA) is 69.4 Å². The smallest absolute Gasteiger partial charge is 0.354 e. The monoisotopic (exact) mass is 343 g/mol. The van der Waals surface area contributed by atoms with Gasteiger partial charge in [-0.3, -0.25) is 5.10 Å². The van der Waals surface area contributed by atoms with Gasteiger partial charge >= 0.3 is 6.18 Å². The van der Waals surface area contributed by atoms with Crippen LogP contribution in [0.4, 0.5) is 24.7 Å². The molecule has 0 fully saturated rings. The van der Waals surface area contributed by atoms with Crippen LogP contribution >= 0.6 is 0 Å². The van der Waals surface area contributed by atoms with Gasteiger partial charge in [0.25, 0.3) is 0 Å². The quantitative estimate of drug-likeness (QED) is 0.504. The molecule has 8 heteroatoms. The van der Waals surface area contributed by atoms with E-state index in [2.05, 4.69) is 25.5 Å². The van der Waals surface area contributed by atoms with E-state index < -0.39 is 11.7 Å². The summed E-state index contributed by atoms with van der Waals surface area (Å²) in [5, 5.41) is 10.2. The standard InChI is InChI=1S/C17H12F3N5/c18-17(19,20)12-3-1-2-4-13(12)25-16-6-15-10(7-21-16)5-14(24-15)11-8-22-23-9-11/h1-9,24H,(H,21,25)(H,22,23). The predicted molar refractivity (Wildman–Crippen MR) is 88.4 cm³/mol. The van der Waals surface area contributed by atoms with Crippen LogP contribution in [0.3, 0.4) is 0 Å². The molecule has 0 amide bonds. The van der Waals surface area contributed by atoms with Crippen LogP contribution < -0.4 is 5.32 Å². The molecule has 0 aliphatic carbocycles. The zero-order valence-corrected chi connectivity index (χ0v) is 12.7. The van der Waals surface area contributed by atoms with Crippen molar-refractivity contribution in [2.75, 3.05) is 5.32 Å². The zero-order chi connectivity index (χ0) is 17.4. The number of para-hydroxylation sites is 1. The van der Waals surface area contributed by atoms with Gasteiger partial charge < -0.3 is 10.3 Å². The summed E-state index contributed by atoms with van der Waals surface area (Å²) < 4.78 is 39.3. The van der Waals surface area contributed by atoms with E-state index in [-0.39, 0.29) is 5.69 Å². The molecule has 0 bridgehead atoms. The number of pyridine rings is 1.